The van der Waals surface area contributed by atoms with Gasteiger partial charge in [0.2, 0.25) is 0 Å². The Balaban J connectivity index is 2.05. The molecule has 3 nitrogen and oxygen atoms in total. The molecule has 0 fully saturated rings. The van der Waals surface area contributed by atoms with E-state index >= 15 is 0 Å². The summed E-state index contributed by atoms with van der Waals surface area (Å²) in [5.74, 6) is 0. The maximum absolute atomic E-state index is 4.90. The number of aromatic nitrogens is 1. The van der Waals surface area contributed by atoms with Crippen LogP contribution in [-0.2, 0) is 4.74 Å². The highest BCUT2D eigenvalue weighted by molar-refractivity contribution is 7.10. The summed E-state index contributed by atoms with van der Waals surface area (Å²) in [6.45, 7) is 2.53. The van der Waals surface area contributed by atoms with Crippen LogP contribution in [0.2, 0.25) is 0 Å². The minimum atomic E-state index is 0.758. The van der Waals surface area contributed by atoms with Gasteiger partial charge in [-0.25, -0.2) is 0 Å². The lowest BCUT2D eigenvalue weighted by molar-refractivity contribution is 0.200. The average molecular weight is 198 g/mol. The molecule has 0 amide bonds. The monoisotopic (exact) mass is 198 g/mol. The molecule has 0 bridgehead atoms. The first-order valence-electron chi connectivity index (χ1n) is 4.18. The average Bonchev–Trinajstić information content (AvgIpc) is 2.63. The molecule has 0 unspecified atom stereocenters. The molecule has 1 heterocycles. The van der Waals surface area contributed by atoms with Gasteiger partial charge in [0.1, 0.15) is 0 Å². The standard InChI is InChI=1S/C9H14N2OS/c1-12-6-5-10-4-2-3-9-7-11-8-13-9/h2-3,7-8,10H,4-6H2,1H3/b3-2+. The molecule has 1 aromatic rings. The van der Waals surface area contributed by atoms with E-state index in [9.17, 15) is 0 Å². The Morgan fingerprint density at radius 3 is 3.31 bits per heavy atom. The van der Waals surface area contributed by atoms with Gasteiger partial charge in [0.15, 0.2) is 0 Å². The van der Waals surface area contributed by atoms with Crippen LogP contribution in [0.3, 0.4) is 0 Å². The van der Waals surface area contributed by atoms with Gasteiger partial charge in [-0.1, -0.05) is 6.08 Å². The fraction of sp³-hybridized carbons (Fsp3) is 0.444. The summed E-state index contributed by atoms with van der Waals surface area (Å²) in [4.78, 5) is 5.17. The van der Waals surface area contributed by atoms with Gasteiger partial charge in [-0.05, 0) is 6.08 Å². The molecule has 0 aromatic carbocycles. The summed E-state index contributed by atoms with van der Waals surface area (Å²) < 4.78 is 4.90. The van der Waals surface area contributed by atoms with Gasteiger partial charge in [0.05, 0.1) is 12.1 Å². The van der Waals surface area contributed by atoms with Crippen molar-refractivity contribution in [2.75, 3.05) is 26.8 Å². The van der Waals surface area contributed by atoms with Crippen LogP contribution in [0.5, 0.6) is 0 Å². The topological polar surface area (TPSA) is 34.1 Å². The largest absolute Gasteiger partial charge is 0.383 e. The number of hydrogen-bond acceptors (Lipinski definition) is 4. The number of rotatable bonds is 6. The second-order valence-corrected chi connectivity index (χ2v) is 3.42. The normalized spacial score (nSPS) is 11.2. The van der Waals surface area contributed by atoms with E-state index in [1.807, 2.05) is 11.7 Å². The third-order valence-corrected chi connectivity index (χ3v) is 2.22. The molecule has 72 valence electrons. The van der Waals surface area contributed by atoms with Gasteiger partial charge in [-0.15, -0.1) is 11.3 Å². The summed E-state index contributed by atoms with van der Waals surface area (Å²) in [6.07, 6.45) is 6.01. The first-order valence-corrected chi connectivity index (χ1v) is 5.06. The minimum Gasteiger partial charge on any atom is -0.383 e. The van der Waals surface area contributed by atoms with Crippen molar-refractivity contribution in [1.82, 2.24) is 10.3 Å². The minimum absolute atomic E-state index is 0.758. The molecule has 1 rings (SSSR count). The van der Waals surface area contributed by atoms with Crippen LogP contribution in [-0.4, -0.2) is 31.8 Å². The molecule has 4 heteroatoms. The van der Waals surface area contributed by atoms with E-state index in [-0.39, 0.29) is 0 Å². The van der Waals surface area contributed by atoms with E-state index in [2.05, 4.69) is 22.5 Å². The second-order valence-electron chi connectivity index (χ2n) is 2.50. The fourth-order valence-corrected chi connectivity index (χ4v) is 1.38. The van der Waals surface area contributed by atoms with Gasteiger partial charge in [-0.3, -0.25) is 4.98 Å². The molecule has 0 spiro atoms. The lowest BCUT2D eigenvalue weighted by Gasteiger charge is -1.98. The van der Waals surface area contributed by atoms with Crippen molar-refractivity contribution in [2.24, 2.45) is 0 Å². The zero-order chi connectivity index (χ0) is 9.36. The molecule has 0 aliphatic rings. The lowest BCUT2D eigenvalue weighted by atomic mass is 10.4. The van der Waals surface area contributed by atoms with Gasteiger partial charge < -0.3 is 10.1 Å². The molecular formula is C9H14N2OS. The number of hydrogen-bond donors (Lipinski definition) is 1. The van der Waals surface area contributed by atoms with Gasteiger partial charge in [-0.2, -0.15) is 0 Å². The zero-order valence-corrected chi connectivity index (χ0v) is 8.51. The number of thiazole rings is 1. The van der Waals surface area contributed by atoms with E-state index < -0.39 is 0 Å². The van der Waals surface area contributed by atoms with Crippen molar-refractivity contribution in [3.05, 3.63) is 22.7 Å². The third kappa shape index (κ3) is 4.77. The SMILES string of the molecule is COCCNC/C=C/c1cncs1. The van der Waals surface area contributed by atoms with Crippen LogP contribution in [0.15, 0.2) is 17.8 Å². The molecule has 0 saturated heterocycles. The molecule has 1 aromatic heterocycles. The van der Waals surface area contributed by atoms with E-state index in [0.29, 0.717) is 0 Å². The van der Waals surface area contributed by atoms with Crippen molar-refractivity contribution >= 4 is 17.4 Å². The van der Waals surface area contributed by atoms with Crippen molar-refractivity contribution in [1.29, 1.82) is 0 Å². The Bertz CT molecular complexity index is 234. The Morgan fingerprint density at radius 2 is 2.62 bits per heavy atom. The Hall–Kier alpha value is -0.710. The van der Waals surface area contributed by atoms with Crippen LogP contribution in [0.4, 0.5) is 0 Å². The van der Waals surface area contributed by atoms with Crippen LogP contribution >= 0.6 is 11.3 Å². The first kappa shape index (κ1) is 10.4. The van der Waals surface area contributed by atoms with Crippen LogP contribution in [0.1, 0.15) is 4.88 Å². The van der Waals surface area contributed by atoms with Crippen LogP contribution in [0.25, 0.3) is 6.08 Å². The van der Waals surface area contributed by atoms with Gasteiger partial charge in [0, 0.05) is 31.3 Å². The van der Waals surface area contributed by atoms with E-state index in [1.54, 1.807) is 18.4 Å². The third-order valence-electron chi connectivity index (χ3n) is 1.48. The highest BCUT2D eigenvalue weighted by atomic mass is 32.1. The maximum atomic E-state index is 4.90. The molecule has 0 saturated carbocycles. The van der Waals surface area contributed by atoms with E-state index in [0.717, 1.165) is 19.7 Å². The van der Waals surface area contributed by atoms with Gasteiger partial charge in [0.25, 0.3) is 0 Å². The van der Waals surface area contributed by atoms with Crippen molar-refractivity contribution < 1.29 is 4.74 Å². The van der Waals surface area contributed by atoms with Crippen molar-refractivity contribution in [2.45, 2.75) is 0 Å². The summed E-state index contributed by atoms with van der Waals surface area (Å²) in [5.41, 5.74) is 1.83. The quantitative estimate of drug-likeness (QED) is 0.701. The number of ether oxygens (including phenoxy) is 1. The predicted octanol–water partition coefficient (Wildman–Crippen LogP) is 1.39. The van der Waals surface area contributed by atoms with E-state index in [1.165, 1.54) is 4.88 Å². The predicted molar refractivity (Wildman–Crippen MR) is 55.9 cm³/mol. The summed E-state index contributed by atoms with van der Waals surface area (Å²) in [6, 6.07) is 0. The Morgan fingerprint density at radius 1 is 1.69 bits per heavy atom. The molecule has 0 aliphatic heterocycles. The number of methoxy groups -OCH3 is 1. The highest BCUT2D eigenvalue weighted by Gasteiger charge is 1.85. The molecule has 0 atom stereocenters. The van der Waals surface area contributed by atoms with Crippen LogP contribution < -0.4 is 5.32 Å². The summed E-state index contributed by atoms with van der Waals surface area (Å²) in [5, 5.41) is 3.22. The molecular weight excluding hydrogens is 184 g/mol. The first-order chi connectivity index (χ1) is 6.43. The molecule has 0 aliphatic carbocycles. The Labute approximate surface area is 82.5 Å². The molecule has 1 N–H and O–H groups in total. The summed E-state index contributed by atoms with van der Waals surface area (Å²) >= 11 is 1.64. The van der Waals surface area contributed by atoms with Crippen LogP contribution in [0, 0.1) is 0 Å². The molecule has 13 heavy (non-hydrogen) atoms. The van der Waals surface area contributed by atoms with Gasteiger partial charge >= 0.3 is 0 Å². The lowest BCUT2D eigenvalue weighted by Crippen LogP contribution is -2.18. The summed E-state index contributed by atoms with van der Waals surface area (Å²) in [7, 11) is 1.70. The highest BCUT2D eigenvalue weighted by Crippen LogP contribution is 2.06. The van der Waals surface area contributed by atoms with Crippen molar-refractivity contribution in [3.63, 3.8) is 0 Å². The molecule has 0 radical (unpaired) electrons. The number of nitrogens with one attached hydrogen (secondary N) is 1. The zero-order valence-electron chi connectivity index (χ0n) is 7.69. The maximum Gasteiger partial charge on any atom is 0.0797 e. The second kappa shape index (κ2) is 6.77. The smallest absolute Gasteiger partial charge is 0.0797 e. The van der Waals surface area contributed by atoms with Crippen molar-refractivity contribution in [3.8, 4) is 0 Å². The number of nitrogens with zero attached hydrogens (tertiary/aromatic N) is 1. The fourth-order valence-electron chi connectivity index (χ4n) is 0.843. The Kier molecular flexibility index (Phi) is 5.40. The van der Waals surface area contributed by atoms with E-state index in [4.69, 9.17) is 4.74 Å².